The van der Waals surface area contributed by atoms with Gasteiger partial charge in [-0.1, -0.05) is 30.3 Å². The molecule has 0 aliphatic heterocycles. The molecule has 0 aliphatic rings. The average molecular weight is 280 g/mol. The standard InChI is InChI=1S/C9H12O2.CH3.Cd/c1-9(2,11-10)8-6-4-3-5-7-8;;/h3-7,10H,1-2H3;1H3;/q;-1;. The number of rotatable bonds is 2. The third-order valence-electron chi connectivity index (χ3n) is 1.70. The Morgan fingerprint density at radius 3 is 2.00 bits per heavy atom. The van der Waals surface area contributed by atoms with Gasteiger partial charge in [-0.05, 0) is 19.4 Å². The van der Waals surface area contributed by atoms with E-state index in [-0.39, 0.29) is 34.7 Å². The van der Waals surface area contributed by atoms with Crippen LogP contribution in [0.15, 0.2) is 30.3 Å². The second-order valence-corrected chi connectivity index (χ2v) is 2.97. The van der Waals surface area contributed by atoms with Crippen molar-refractivity contribution in [1.29, 1.82) is 0 Å². The van der Waals surface area contributed by atoms with E-state index in [1.54, 1.807) is 0 Å². The van der Waals surface area contributed by atoms with E-state index >= 15 is 0 Å². The fourth-order valence-corrected chi connectivity index (χ4v) is 0.892. The fraction of sp³-hybridized carbons (Fsp3) is 0.300. The van der Waals surface area contributed by atoms with Gasteiger partial charge in [-0.25, -0.2) is 4.89 Å². The normalized spacial score (nSPS) is 9.77. The van der Waals surface area contributed by atoms with Crippen molar-refractivity contribution in [3.8, 4) is 0 Å². The van der Waals surface area contributed by atoms with Gasteiger partial charge in [-0.2, -0.15) is 0 Å². The van der Waals surface area contributed by atoms with E-state index in [1.807, 2.05) is 44.2 Å². The Morgan fingerprint density at radius 1 is 1.15 bits per heavy atom. The Bertz CT molecular complexity index is 222. The molecule has 0 aromatic heterocycles. The first-order valence-electron chi connectivity index (χ1n) is 3.55. The van der Waals surface area contributed by atoms with Gasteiger partial charge in [0, 0.05) is 27.3 Å². The monoisotopic (exact) mass is 281 g/mol. The summed E-state index contributed by atoms with van der Waals surface area (Å²) in [6, 6.07) is 9.58. The summed E-state index contributed by atoms with van der Waals surface area (Å²) in [6.07, 6.45) is 0. The second kappa shape index (κ2) is 6.51. The largest absolute Gasteiger partial charge is 0.358 e. The molecule has 3 heteroatoms. The fourth-order valence-electron chi connectivity index (χ4n) is 0.892. The molecule has 2 nitrogen and oxygen atoms in total. The molecular weight excluding hydrogens is 265 g/mol. The summed E-state index contributed by atoms with van der Waals surface area (Å²) in [5.74, 6) is 0. The van der Waals surface area contributed by atoms with Crippen LogP contribution in [0, 0.1) is 7.43 Å². The average Bonchev–Trinajstić information content (AvgIpc) is 2.06. The quantitative estimate of drug-likeness (QED) is 0.390. The van der Waals surface area contributed by atoms with Gasteiger partial charge in [-0.3, -0.25) is 5.26 Å². The van der Waals surface area contributed by atoms with Crippen LogP contribution in [0.25, 0.3) is 0 Å². The molecule has 0 unspecified atom stereocenters. The zero-order chi connectivity index (χ0) is 8.32. The molecule has 0 saturated carbocycles. The van der Waals surface area contributed by atoms with Crippen molar-refractivity contribution in [3.05, 3.63) is 43.3 Å². The van der Waals surface area contributed by atoms with Crippen molar-refractivity contribution >= 4 is 0 Å². The molecule has 0 spiro atoms. The van der Waals surface area contributed by atoms with E-state index in [9.17, 15) is 0 Å². The van der Waals surface area contributed by atoms with Crippen LogP contribution in [0.1, 0.15) is 19.4 Å². The topological polar surface area (TPSA) is 29.5 Å². The van der Waals surface area contributed by atoms with Crippen molar-refractivity contribution in [2.24, 2.45) is 0 Å². The Kier molecular flexibility index (Phi) is 7.77. The molecule has 70 valence electrons. The molecule has 0 atom stereocenters. The minimum Gasteiger partial charge on any atom is -0.358 e. The minimum atomic E-state index is -0.610. The van der Waals surface area contributed by atoms with Crippen molar-refractivity contribution in [2.45, 2.75) is 19.4 Å². The van der Waals surface area contributed by atoms with Gasteiger partial charge >= 0.3 is 0 Å². The molecule has 0 fully saturated rings. The van der Waals surface area contributed by atoms with E-state index in [1.165, 1.54) is 0 Å². The van der Waals surface area contributed by atoms with Crippen LogP contribution in [0.5, 0.6) is 0 Å². The Labute approximate surface area is 100 Å². The van der Waals surface area contributed by atoms with Gasteiger partial charge in [0.1, 0.15) is 5.60 Å². The van der Waals surface area contributed by atoms with Gasteiger partial charge in [0.2, 0.25) is 0 Å². The molecule has 0 bridgehead atoms. The predicted molar refractivity (Wildman–Crippen MR) is 49.6 cm³/mol. The van der Waals surface area contributed by atoms with Crippen LogP contribution in [0.2, 0.25) is 0 Å². The molecule has 1 N–H and O–H groups in total. The summed E-state index contributed by atoms with van der Waals surface area (Å²) in [6.45, 7) is 3.62. The predicted octanol–water partition coefficient (Wildman–Crippen LogP) is 2.86. The summed E-state index contributed by atoms with van der Waals surface area (Å²) >= 11 is 0. The zero-order valence-corrected chi connectivity index (χ0v) is 12.5. The first-order valence-corrected chi connectivity index (χ1v) is 3.55. The molecule has 13 heavy (non-hydrogen) atoms. The Balaban J connectivity index is 0. The maximum absolute atomic E-state index is 8.55. The zero-order valence-electron chi connectivity index (χ0n) is 8.45. The van der Waals surface area contributed by atoms with Crippen LogP contribution in [0.3, 0.4) is 0 Å². The van der Waals surface area contributed by atoms with Crippen LogP contribution in [-0.2, 0) is 37.8 Å². The van der Waals surface area contributed by atoms with Crippen molar-refractivity contribution < 1.29 is 37.4 Å². The summed E-state index contributed by atoms with van der Waals surface area (Å²) in [5.41, 5.74) is 0.351. The summed E-state index contributed by atoms with van der Waals surface area (Å²) in [4.78, 5) is 4.32. The Hall–Kier alpha value is 0.0621. The molecule has 1 aromatic carbocycles. The van der Waals surface area contributed by atoms with Gasteiger partial charge in [0.25, 0.3) is 0 Å². The third kappa shape index (κ3) is 4.20. The van der Waals surface area contributed by atoms with E-state index in [4.69, 9.17) is 5.26 Å². The molecule has 1 rings (SSSR count). The van der Waals surface area contributed by atoms with Crippen molar-refractivity contribution in [2.75, 3.05) is 0 Å². The van der Waals surface area contributed by atoms with E-state index in [2.05, 4.69) is 4.89 Å². The van der Waals surface area contributed by atoms with Crippen molar-refractivity contribution in [3.63, 3.8) is 0 Å². The van der Waals surface area contributed by atoms with Crippen LogP contribution in [0.4, 0.5) is 0 Å². The molecular formula is C10H15CdO2-. The molecule has 0 saturated heterocycles. The first-order chi connectivity index (χ1) is 5.17. The van der Waals surface area contributed by atoms with Gasteiger partial charge in [0.15, 0.2) is 0 Å². The molecule has 0 aliphatic carbocycles. The minimum absolute atomic E-state index is 0. The molecule has 1 aromatic rings. The molecule has 0 radical (unpaired) electrons. The van der Waals surface area contributed by atoms with Crippen LogP contribution in [-0.4, -0.2) is 5.26 Å². The number of hydrogen-bond donors (Lipinski definition) is 1. The maximum Gasteiger partial charge on any atom is 0.123 e. The van der Waals surface area contributed by atoms with Crippen molar-refractivity contribution in [1.82, 2.24) is 0 Å². The smallest absolute Gasteiger partial charge is 0.123 e. The third-order valence-corrected chi connectivity index (χ3v) is 1.70. The first kappa shape index (κ1) is 15.5. The van der Waals surface area contributed by atoms with E-state index in [0.29, 0.717) is 0 Å². The summed E-state index contributed by atoms with van der Waals surface area (Å²) in [5, 5.41) is 8.55. The van der Waals surface area contributed by atoms with E-state index < -0.39 is 5.60 Å². The molecule has 0 heterocycles. The van der Waals surface area contributed by atoms with E-state index in [0.717, 1.165) is 5.56 Å². The number of hydrogen-bond acceptors (Lipinski definition) is 2. The number of benzene rings is 1. The second-order valence-electron chi connectivity index (χ2n) is 2.97. The SMILES string of the molecule is CC(C)(OO)c1ccccc1.[CH3-].[Cd]. The summed E-state index contributed by atoms with van der Waals surface area (Å²) in [7, 11) is 0. The Morgan fingerprint density at radius 2 is 1.62 bits per heavy atom. The van der Waals surface area contributed by atoms with Gasteiger partial charge in [-0.15, -0.1) is 0 Å². The maximum atomic E-state index is 8.55. The molecule has 0 amide bonds. The van der Waals surface area contributed by atoms with Crippen LogP contribution < -0.4 is 0 Å². The summed E-state index contributed by atoms with van der Waals surface area (Å²) < 4.78 is 0. The van der Waals surface area contributed by atoms with Crippen LogP contribution >= 0.6 is 0 Å². The van der Waals surface area contributed by atoms with Gasteiger partial charge < -0.3 is 7.43 Å². The van der Waals surface area contributed by atoms with Gasteiger partial charge in [0.05, 0.1) is 0 Å².